The van der Waals surface area contributed by atoms with Crippen molar-refractivity contribution < 1.29 is 35.9 Å². The van der Waals surface area contributed by atoms with Gasteiger partial charge in [0.25, 0.3) is 11.8 Å². The van der Waals surface area contributed by atoms with E-state index in [4.69, 9.17) is 10.5 Å². The molecule has 1 aliphatic heterocycles. The van der Waals surface area contributed by atoms with Gasteiger partial charge >= 0.3 is 6.18 Å². The molecule has 0 spiro atoms. The first-order valence-electron chi connectivity index (χ1n) is 8.64. The molecule has 0 aliphatic carbocycles. The number of carbonyl (C=O) groups is 1. The SMILES string of the molecule is C[C@]1(c2cc(NC(=O)c3cnc(C(F)(F)F)cn3)ccc2F)N=C(N)COCC1(F)F. The van der Waals surface area contributed by atoms with Crippen LogP contribution >= 0.6 is 0 Å². The van der Waals surface area contributed by atoms with Gasteiger partial charge in [0.15, 0.2) is 11.2 Å². The third kappa shape index (κ3) is 4.45. The molecule has 13 heteroatoms. The standard InChI is InChI=1S/C18H15F6N5O2/c1-16(17(20,21)8-31-7-14(25)29-16)10-4-9(2-3-11(10)19)28-15(30)12-5-27-13(6-26-12)18(22,23)24/h2-6H,7-8H2,1H3,(H2,25,29)(H,28,30)/t16-/m1/s1. The minimum atomic E-state index is -4.74. The number of halogens is 6. The van der Waals surface area contributed by atoms with Gasteiger partial charge in [-0.15, -0.1) is 0 Å². The van der Waals surface area contributed by atoms with Gasteiger partial charge in [-0.25, -0.2) is 23.1 Å². The Labute approximate surface area is 171 Å². The van der Waals surface area contributed by atoms with Crippen LogP contribution in [0.3, 0.4) is 0 Å². The average Bonchev–Trinajstić information content (AvgIpc) is 2.78. The quantitative estimate of drug-likeness (QED) is 0.704. The third-order valence-electron chi connectivity index (χ3n) is 4.54. The molecule has 1 amide bonds. The Morgan fingerprint density at radius 1 is 1.23 bits per heavy atom. The largest absolute Gasteiger partial charge is 0.434 e. The van der Waals surface area contributed by atoms with Crippen LogP contribution in [0.2, 0.25) is 0 Å². The zero-order valence-corrected chi connectivity index (χ0v) is 15.8. The molecule has 1 aliphatic rings. The number of hydrogen-bond donors (Lipinski definition) is 2. The Kier molecular flexibility index (Phi) is 5.65. The van der Waals surface area contributed by atoms with E-state index in [0.29, 0.717) is 12.4 Å². The van der Waals surface area contributed by atoms with Gasteiger partial charge in [-0.05, 0) is 25.1 Å². The lowest BCUT2D eigenvalue weighted by Crippen LogP contribution is -2.45. The predicted octanol–water partition coefficient (Wildman–Crippen LogP) is 3.12. The van der Waals surface area contributed by atoms with Crippen LogP contribution in [0, 0.1) is 5.82 Å². The van der Waals surface area contributed by atoms with Gasteiger partial charge < -0.3 is 15.8 Å². The van der Waals surface area contributed by atoms with Crippen molar-refractivity contribution in [1.29, 1.82) is 0 Å². The first kappa shape index (κ1) is 22.5. The van der Waals surface area contributed by atoms with Crippen molar-refractivity contribution in [2.24, 2.45) is 10.7 Å². The lowest BCUT2D eigenvalue weighted by molar-refractivity contribution is -0.141. The summed E-state index contributed by atoms with van der Waals surface area (Å²) in [6.45, 7) is -0.458. The van der Waals surface area contributed by atoms with Gasteiger partial charge in [0, 0.05) is 11.3 Å². The normalized spacial score (nSPS) is 21.2. The summed E-state index contributed by atoms with van der Waals surface area (Å²) in [6.07, 6.45) is -3.76. The van der Waals surface area contributed by atoms with E-state index in [-0.39, 0.29) is 18.1 Å². The molecule has 166 valence electrons. The maximum Gasteiger partial charge on any atom is 0.434 e. The molecular formula is C18H15F6N5O2. The molecule has 0 bridgehead atoms. The van der Waals surface area contributed by atoms with E-state index >= 15 is 0 Å². The van der Waals surface area contributed by atoms with Crippen LogP contribution in [0.1, 0.15) is 28.7 Å². The number of anilines is 1. The molecule has 0 saturated carbocycles. The van der Waals surface area contributed by atoms with E-state index < -0.39 is 52.9 Å². The average molecular weight is 447 g/mol. The highest BCUT2D eigenvalue weighted by atomic mass is 19.4. The predicted molar refractivity (Wildman–Crippen MR) is 96.1 cm³/mol. The summed E-state index contributed by atoms with van der Waals surface area (Å²) >= 11 is 0. The zero-order valence-electron chi connectivity index (χ0n) is 15.8. The number of rotatable bonds is 3. The maximum atomic E-state index is 14.7. The van der Waals surface area contributed by atoms with Crippen LogP contribution in [0.5, 0.6) is 0 Å². The summed E-state index contributed by atoms with van der Waals surface area (Å²) in [5.74, 6) is -5.93. The number of amidine groups is 1. The Bertz CT molecular complexity index is 1030. The maximum absolute atomic E-state index is 14.7. The van der Waals surface area contributed by atoms with Gasteiger partial charge in [-0.1, -0.05) is 0 Å². The Morgan fingerprint density at radius 2 is 1.94 bits per heavy atom. The lowest BCUT2D eigenvalue weighted by atomic mass is 9.85. The zero-order chi connectivity index (χ0) is 23.0. The van der Waals surface area contributed by atoms with E-state index in [9.17, 15) is 31.1 Å². The van der Waals surface area contributed by atoms with Crippen molar-refractivity contribution in [1.82, 2.24) is 9.97 Å². The second-order valence-corrected chi connectivity index (χ2v) is 6.81. The summed E-state index contributed by atoms with van der Waals surface area (Å²) in [4.78, 5) is 22.5. The molecule has 1 aromatic carbocycles. The highest BCUT2D eigenvalue weighted by molar-refractivity contribution is 6.02. The van der Waals surface area contributed by atoms with E-state index in [0.717, 1.165) is 25.1 Å². The van der Waals surface area contributed by atoms with Crippen LogP contribution in [0.25, 0.3) is 0 Å². The number of aromatic nitrogens is 2. The van der Waals surface area contributed by atoms with Crippen LogP contribution in [0.15, 0.2) is 35.6 Å². The van der Waals surface area contributed by atoms with Gasteiger partial charge in [0.1, 0.15) is 30.6 Å². The van der Waals surface area contributed by atoms with Gasteiger partial charge in [-0.2, -0.15) is 13.2 Å². The number of benzene rings is 1. The lowest BCUT2D eigenvalue weighted by Gasteiger charge is -2.33. The van der Waals surface area contributed by atoms with Gasteiger partial charge in [0.05, 0.1) is 12.4 Å². The van der Waals surface area contributed by atoms with Gasteiger partial charge in [0.2, 0.25) is 0 Å². The van der Waals surface area contributed by atoms with E-state index in [1.54, 1.807) is 0 Å². The highest BCUT2D eigenvalue weighted by Crippen LogP contribution is 2.44. The molecule has 0 fully saturated rings. The fraction of sp³-hybridized carbons (Fsp3) is 0.333. The number of amides is 1. The summed E-state index contributed by atoms with van der Waals surface area (Å²) in [7, 11) is 0. The van der Waals surface area contributed by atoms with Crippen LogP contribution < -0.4 is 11.1 Å². The molecule has 1 atom stereocenters. The Hall–Kier alpha value is -3.22. The molecule has 0 radical (unpaired) electrons. The van der Waals surface area contributed by atoms with Crippen molar-refractivity contribution in [2.45, 2.75) is 24.6 Å². The van der Waals surface area contributed by atoms with Crippen LogP contribution in [0.4, 0.5) is 32.0 Å². The summed E-state index contributed by atoms with van der Waals surface area (Å²) in [6, 6.07) is 2.85. The molecule has 3 rings (SSSR count). The second kappa shape index (κ2) is 7.80. The number of carbonyl (C=O) groups excluding carboxylic acids is 1. The van der Waals surface area contributed by atoms with Crippen molar-refractivity contribution in [3.05, 3.63) is 53.4 Å². The van der Waals surface area contributed by atoms with E-state index in [2.05, 4.69) is 20.3 Å². The van der Waals surface area contributed by atoms with Crippen molar-refractivity contribution in [2.75, 3.05) is 18.5 Å². The molecule has 1 aromatic heterocycles. The third-order valence-corrected chi connectivity index (χ3v) is 4.54. The Balaban J connectivity index is 1.92. The van der Waals surface area contributed by atoms with Crippen molar-refractivity contribution >= 4 is 17.4 Å². The topological polar surface area (TPSA) is 102 Å². The van der Waals surface area contributed by atoms with Crippen molar-refractivity contribution in [3.8, 4) is 0 Å². The molecule has 7 nitrogen and oxygen atoms in total. The van der Waals surface area contributed by atoms with Crippen molar-refractivity contribution in [3.63, 3.8) is 0 Å². The fourth-order valence-electron chi connectivity index (χ4n) is 2.85. The number of nitrogens with two attached hydrogens (primary N) is 1. The van der Waals surface area contributed by atoms with E-state index in [1.165, 1.54) is 0 Å². The minimum absolute atomic E-state index is 0.126. The summed E-state index contributed by atoms with van der Waals surface area (Å²) in [5, 5.41) is 2.25. The number of nitrogens with one attached hydrogen (secondary N) is 1. The first-order valence-corrected chi connectivity index (χ1v) is 8.64. The number of nitrogens with zero attached hydrogens (tertiary/aromatic N) is 3. The van der Waals surface area contributed by atoms with Gasteiger partial charge in [-0.3, -0.25) is 9.79 Å². The highest BCUT2D eigenvalue weighted by Gasteiger charge is 2.54. The number of alkyl halides is 5. The molecule has 0 saturated heterocycles. The first-order chi connectivity index (χ1) is 14.3. The number of ether oxygens (including phenoxy) is 1. The number of hydrogen-bond acceptors (Lipinski definition) is 6. The monoisotopic (exact) mass is 447 g/mol. The fourth-order valence-corrected chi connectivity index (χ4v) is 2.85. The van der Waals surface area contributed by atoms with Crippen LogP contribution in [-0.2, 0) is 16.5 Å². The summed E-state index contributed by atoms with van der Waals surface area (Å²) in [5.41, 5.74) is 0.661. The minimum Gasteiger partial charge on any atom is -0.385 e. The molecular weight excluding hydrogens is 432 g/mol. The second-order valence-electron chi connectivity index (χ2n) is 6.81. The molecule has 2 heterocycles. The molecule has 31 heavy (non-hydrogen) atoms. The molecule has 3 N–H and O–H groups in total. The molecule has 0 unspecified atom stereocenters. The summed E-state index contributed by atoms with van der Waals surface area (Å²) < 4.78 is 86.3. The Morgan fingerprint density at radius 3 is 2.55 bits per heavy atom. The molecule has 2 aromatic rings. The van der Waals surface area contributed by atoms with E-state index in [1.807, 2.05) is 0 Å². The van der Waals surface area contributed by atoms with Crippen LogP contribution in [-0.4, -0.2) is 40.8 Å². The smallest absolute Gasteiger partial charge is 0.385 e. The number of aliphatic imine (C=N–C) groups is 1.